The maximum Gasteiger partial charge on any atom is 0.414 e. The Morgan fingerprint density at radius 1 is 1.22 bits per heavy atom. The Labute approximate surface area is 185 Å². The number of cyclic esters (lactones) is 1. The molecule has 0 N–H and O–H groups in total. The molecule has 0 unspecified atom stereocenters. The second-order valence-corrected chi connectivity index (χ2v) is 7.47. The van der Waals surface area contributed by atoms with E-state index in [1.807, 2.05) is 0 Å². The Morgan fingerprint density at radius 2 is 2.09 bits per heavy atom. The number of carbonyl (C=O) groups is 1. The molecule has 1 aromatic carbocycles. The highest BCUT2D eigenvalue weighted by Gasteiger charge is 2.33. The van der Waals surface area contributed by atoms with Crippen LogP contribution in [0.15, 0.2) is 42.7 Å². The van der Waals surface area contributed by atoms with Crippen molar-refractivity contribution in [3.05, 3.63) is 53.7 Å². The van der Waals surface area contributed by atoms with Crippen LogP contribution in [0, 0.1) is 5.82 Å². The van der Waals surface area contributed by atoms with Gasteiger partial charge in [-0.1, -0.05) is 22.9 Å². The second-order valence-electron chi connectivity index (χ2n) is 7.08. The van der Waals surface area contributed by atoms with Gasteiger partial charge in [-0.3, -0.25) is 9.88 Å². The van der Waals surface area contributed by atoms with Gasteiger partial charge < -0.3 is 4.74 Å². The molecule has 0 bridgehead atoms. The van der Waals surface area contributed by atoms with Crippen LogP contribution in [0.25, 0.3) is 22.6 Å². The minimum absolute atomic E-state index is 0.246. The standard InChI is InChI=1S/C19H15ClFN9O2/c1-28-25-18(24-26-28)16-5-2-11(7-22-16)14-4-3-12(6-15(14)21)30-9-13(32-19(30)31)8-29-10-17(20)23-27-29/h2-7,10,13H,8-9H2,1H3/t13-/m0/s1. The van der Waals surface area contributed by atoms with Crippen molar-refractivity contribution in [3.63, 3.8) is 0 Å². The maximum absolute atomic E-state index is 14.9. The molecule has 1 amide bonds. The van der Waals surface area contributed by atoms with Crippen molar-refractivity contribution < 1.29 is 13.9 Å². The van der Waals surface area contributed by atoms with E-state index in [0.29, 0.717) is 34.9 Å². The van der Waals surface area contributed by atoms with Crippen molar-refractivity contribution in [2.24, 2.45) is 7.05 Å². The first-order valence-electron chi connectivity index (χ1n) is 9.50. The van der Waals surface area contributed by atoms with Gasteiger partial charge in [-0.2, -0.15) is 4.80 Å². The normalized spacial score (nSPS) is 15.9. The van der Waals surface area contributed by atoms with Crippen LogP contribution in [0.1, 0.15) is 0 Å². The van der Waals surface area contributed by atoms with Crippen molar-refractivity contribution in [2.45, 2.75) is 12.6 Å². The highest BCUT2D eigenvalue weighted by atomic mass is 35.5. The van der Waals surface area contributed by atoms with Gasteiger partial charge in [-0.05, 0) is 29.5 Å². The van der Waals surface area contributed by atoms with E-state index < -0.39 is 18.0 Å². The number of tetrazole rings is 1. The first kappa shape index (κ1) is 20.0. The summed E-state index contributed by atoms with van der Waals surface area (Å²) in [6, 6.07) is 7.97. The molecule has 3 aromatic heterocycles. The third-order valence-electron chi connectivity index (χ3n) is 4.85. The number of hydrogen-bond acceptors (Lipinski definition) is 8. The molecule has 0 saturated carbocycles. The highest BCUT2D eigenvalue weighted by molar-refractivity contribution is 6.29. The number of pyridine rings is 1. The molecule has 0 spiro atoms. The van der Waals surface area contributed by atoms with Gasteiger partial charge in [0.2, 0.25) is 5.82 Å². The average Bonchev–Trinajstić information content (AvgIpc) is 3.49. The highest BCUT2D eigenvalue weighted by Crippen LogP contribution is 2.29. The van der Waals surface area contributed by atoms with Crippen molar-refractivity contribution >= 4 is 23.4 Å². The molecule has 11 nitrogen and oxygen atoms in total. The van der Waals surface area contributed by atoms with E-state index in [1.165, 1.54) is 32.8 Å². The number of aromatic nitrogens is 8. The molecule has 1 aliphatic rings. The summed E-state index contributed by atoms with van der Waals surface area (Å²) in [6.07, 6.45) is 2.05. The van der Waals surface area contributed by atoms with E-state index in [-0.39, 0.29) is 11.7 Å². The first-order chi connectivity index (χ1) is 15.5. The van der Waals surface area contributed by atoms with Crippen molar-refractivity contribution in [1.29, 1.82) is 0 Å². The van der Waals surface area contributed by atoms with Crippen molar-refractivity contribution in [1.82, 2.24) is 40.2 Å². The Bertz CT molecular complexity index is 1290. The molecular weight excluding hydrogens is 441 g/mol. The Morgan fingerprint density at radius 3 is 2.75 bits per heavy atom. The number of ether oxygens (including phenoxy) is 1. The minimum Gasteiger partial charge on any atom is -0.442 e. The summed E-state index contributed by atoms with van der Waals surface area (Å²) < 4.78 is 21.8. The smallest absolute Gasteiger partial charge is 0.414 e. The third-order valence-corrected chi connectivity index (χ3v) is 5.02. The summed E-state index contributed by atoms with van der Waals surface area (Å²) in [6.45, 7) is 0.539. The molecule has 1 atom stereocenters. The number of benzene rings is 1. The van der Waals surface area contributed by atoms with Crippen LogP contribution in [0.3, 0.4) is 0 Å². The molecule has 0 radical (unpaired) electrons. The molecule has 4 heterocycles. The second kappa shape index (κ2) is 7.96. The molecule has 5 rings (SSSR count). The van der Waals surface area contributed by atoms with Gasteiger partial charge in [0.1, 0.15) is 17.6 Å². The van der Waals surface area contributed by atoms with E-state index >= 15 is 0 Å². The lowest BCUT2D eigenvalue weighted by atomic mass is 10.1. The lowest BCUT2D eigenvalue weighted by Crippen LogP contribution is -2.26. The van der Waals surface area contributed by atoms with Crippen molar-refractivity contribution in [2.75, 3.05) is 11.4 Å². The van der Waals surface area contributed by atoms with Crippen LogP contribution >= 0.6 is 11.6 Å². The van der Waals surface area contributed by atoms with Gasteiger partial charge in [0.15, 0.2) is 5.15 Å². The average molecular weight is 456 g/mol. The fraction of sp³-hybridized carbons (Fsp3) is 0.211. The number of anilines is 1. The van der Waals surface area contributed by atoms with Crippen molar-refractivity contribution in [3.8, 4) is 22.6 Å². The number of aryl methyl sites for hydroxylation is 1. The summed E-state index contributed by atoms with van der Waals surface area (Å²) in [5.41, 5.74) is 1.84. The minimum atomic E-state index is -0.559. The van der Waals surface area contributed by atoms with E-state index in [0.717, 1.165) is 0 Å². The molecule has 32 heavy (non-hydrogen) atoms. The third kappa shape index (κ3) is 3.87. The van der Waals surface area contributed by atoms with Crippen LogP contribution in [-0.2, 0) is 18.3 Å². The van der Waals surface area contributed by atoms with Gasteiger partial charge in [0.25, 0.3) is 0 Å². The zero-order valence-electron chi connectivity index (χ0n) is 16.6. The number of carbonyl (C=O) groups excluding carboxylic acids is 1. The summed E-state index contributed by atoms with van der Waals surface area (Å²) >= 11 is 5.75. The molecule has 1 saturated heterocycles. The molecule has 162 valence electrons. The fourth-order valence-corrected chi connectivity index (χ4v) is 3.52. The SMILES string of the molecule is Cn1nnc(-c2ccc(-c3ccc(N4C[C@H](Cn5cc(Cl)nn5)OC4=O)cc3F)cn2)n1. The number of halogens is 2. The molecular formula is C19H15ClFN9O2. The van der Waals surface area contributed by atoms with Crippen LogP contribution in [0.4, 0.5) is 14.9 Å². The topological polar surface area (TPSA) is 117 Å². The monoisotopic (exact) mass is 455 g/mol. The van der Waals surface area contributed by atoms with Crippen LogP contribution in [0.5, 0.6) is 0 Å². The van der Waals surface area contributed by atoms with Gasteiger partial charge >= 0.3 is 6.09 Å². The number of rotatable bonds is 5. The predicted octanol–water partition coefficient (Wildman–Crippen LogP) is 2.35. The van der Waals surface area contributed by atoms with Gasteiger partial charge in [0, 0.05) is 17.3 Å². The molecule has 1 fully saturated rings. The van der Waals surface area contributed by atoms with Crippen LogP contribution in [0.2, 0.25) is 5.15 Å². The largest absolute Gasteiger partial charge is 0.442 e. The summed E-state index contributed by atoms with van der Waals surface area (Å²) in [5, 5.41) is 19.5. The lowest BCUT2D eigenvalue weighted by Gasteiger charge is -2.14. The van der Waals surface area contributed by atoms with Gasteiger partial charge in [-0.25, -0.2) is 13.9 Å². The quantitative estimate of drug-likeness (QED) is 0.450. The van der Waals surface area contributed by atoms with Gasteiger partial charge in [-0.15, -0.1) is 15.3 Å². The molecule has 4 aromatic rings. The zero-order chi connectivity index (χ0) is 22.2. The number of hydrogen-bond donors (Lipinski definition) is 0. The summed E-state index contributed by atoms with van der Waals surface area (Å²) in [5.74, 6) is -0.112. The maximum atomic E-state index is 14.9. The van der Waals surface area contributed by atoms with E-state index in [1.54, 1.807) is 31.3 Å². The Hall–Kier alpha value is -3.93. The predicted molar refractivity (Wildman–Crippen MR) is 110 cm³/mol. The van der Waals surface area contributed by atoms with E-state index in [4.69, 9.17) is 16.3 Å². The molecule has 0 aliphatic carbocycles. The van der Waals surface area contributed by atoms with Crippen LogP contribution in [-0.4, -0.2) is 58.9 Å². The first-order valence-corrected chi connectivity index (χ1v) is 9.88. The number of nitrogens with zero attached hydrogens (tertiary/aromatic N) is 9. The Kier molecular flexibility index (Phi) is 4.98. The van der Waals surface area contributed by atoms with E-state index in [2.05, 4.69) is 30.7 Å². The molecule has 13 heteroatoms. The fourth-order valence-electron chi connectivity index (χ4n) is 3.38. The zero-order valence-corrected chi connectivity index (χ0v) is 17.4. The van der Waals surface area contributed by atoms with Gasteiger partial charge in [0.05, 0.1) is 32.0 Å². The van der Waals surface area contributed by atoms with Crippen LogP contribution < -0.4 is 4.90 Å². The summed E-state index contributed by atoms with van der Waals surface area (Å²) in [4.78, 5) is 19.3. The summed E-state index contributed by atoms with van der Waals surface area (Å²) in [7, 11) is 1.66. The number of amides is 1. The Balaban J connectivity index is 1.32. The lowest BCUT2D eigenvalue weighted by molar-refractivity contribution is 0.129. The van der Waals surface area contributed by atoms with E-state index in [9.17, 15) is 9.18 Å². The molecule has 1 aliphatic heterocycles.